The second-order valence-electron chi connectivity index (χ2n) is 5.58. The Labute approximate surface area is 220 Å². The smallest absolute Gasteiger partial charge is 0.226 e. The molecule has 4 rings (SSSR count). The number of rotatable bonds is 3. The van der Waals surface area contributed by atoms with Gasteiger partial charge in [-0.05, 0) is 80.7 Å². The van der Waals surface area contributed by atoms with Gasteiger partial charge in [0, 0.05) is 31.9 Å². The summed E-state index contributed by atoms with van der Waals surface area (Å²) in [7, 11) is 0. The van der Waals surface area contributed by atoms with E-state index >= 15 is 0 Å². The maximum absolute atomic E-state index is 10.6. The molecule has 0 aliphatic heterocycles. The fourth-order valence-corrected chi connectivity index (χ4v) is 1.91. The van der Waals surface area contributed by atoms with Crippen molar-refractivity contribution >= 4 is 34.9 Å². The number of nitrogens with one attached hydrogen (secondary N) is 2. The number of para-hydroxylation sites is 1. The van der Waals surface area contributed by atoms with E-state index in [2.05, 4.69) is 40.1 Å². The molecule has 0 saturated heterocycles. The zero-order valence-corrected chi connectivity index (χ0v) is 22.3. The van der Waals surface area contributed by atoms with Crippen molar-refractivity contribution in [2.24, 2.45) is 0 Å². The summed E-state index contributed by atoms with van der Waals surface area (Å²) >= 11 is 9.27. The second kappa shape index (κ2) is 20.3. The van der Waals surface area contributed by atoms with Crippen LogP contribution in [0.25, 0.3) is 0 Å². The van der Waals surface area contributed by atoms with Crippen LogP contribution in [-0.4, -0.2) is 14.5 Å². The van der Waals surface area contributed by atoms with Crippen LogP contribution in [0.15, 0.2) is 51.9 Å². The maximum atomic E-state index is 10.6. The minimum Gasteiger partial charge on any atom is -0.502 e. The molecule has 6 nitrogen and oxygen atoms in total. The monoisotopic (exact) mass is 635 g/mol. The zero-order valence-electron chi connectivity index (χ0n) is 17.0. The van der Waals surface area contributed by atoms with Crippen molar-refractivity contribution in [3.8, 4) is 5.75 Å². The largest absolute Gasteiger partial charge is 0.502 e. The average molecular weight is 634 g/mol. The quantitative estimate of drug-likeness (QED) is 0.177. The van der Waals surface area contributed by atoms with Crippen LogP contribution in [0, 0.1) is 64.2 Å². The number of hydrogen-bond acceptors (Lipinski definition) is 7. The van der Waals surface area contributed by atoms with E-state index in [1.54, 1.807) is 0 Å². The van der Waals surface area contributed by atoms with E-state index in [1.807, 2.05) is 94.5 Å². The van der Waals surface area contributed by atoms with Crippen LogP contribution in [0.5, 0.6) is 5.75 Å². The van der Waals surface area contributed by atoms with Gasteiger partial charge >= 0.3 is 0 Å². The molecule has 2 aromatic rings. The number of aliphatic hydroxyl groups excluding tert-OH is 1. The van der Waals surface area contributed by atoms with Crippen molar-refractivity contribution in [3.05, 3.63) is 123 Å². The normalized spacial score (nSPS) is 13.5. The third-order valence-electron chi connectivity index (χ3n) is 3.22. The van der Waals surface area contributed by atoms with Crippen LogP contribution in [-0.2, 0) is 45.1 Å². The minimum absolute atomic E-state index is 0. The summed E-state index contributed by atoms with van der Waals surface area (Å²) in [5, 5.41) is 17.1. The molecule has 2 saturated carbocycles. The Bertz CT molecular complexity index is 758. The Morgan fingerprint density at radius 1 is 0.938 bits per heavy atom. The number of hydrazine groups is 1. The summed E-state index contributed by atoms with van der Waals surface area (Å²) in [6.07, 6.45) is 20.9. The Kier molecular flexibility index (Phi) is 19.5. The first-order chi connectivity index (χ1) is 15.0. The molecule has 10 radical (unpaired) electrons. The number of anilines is 1. The molecule has 0 spiro atoms. The van der Waals surface area contributed by atoms with E-state index in [0.29, 0.717) is 4.32 Å². The molecule has 32 heavy (non-hydrogen) atoms. The van der Waals surface area contributed by atoms with Crippen molar-refractivity contribution in [2.45, 2.75) is 6.61 Å². The number of hydrogen-bond donors (Lipinski definition) is 4. The van der Waals surface area contributed by atoms with Crippen LogP contribution in [0.3, 0.4) is 0 Å². The first kappa shape index (κ1) is 30.7. The van der Waals surface area contributed by atoms with Gasteiger partial charge < -0.3 is 50.3 Å². The van der Waals surface area contributed by atoms with Crippen LogP contribution in [0.4, 0.5) is 5.69 Å². The standard InChI is InChI=1S/C7H8N2S2.C6H6O4.2C5H5.Hf/c10-7(11)9-8-6-4-2-1-3-5-6;7-2-4-1-5(8)6(9)3-10-4;2*1-2-4-5-3-1;/h1-5,8H,(H2,9,10,11);1,3,7,9H,2H2;2*1-5H;/p-1. The van der Waals surface area contributed by atoms with Gasteiger partial charge in [0.05, 0.1) is 5.69 Å². The summed E-state index contributed by atoms with van der Waals surface area (Å²) < 4.78 is 4.90. The van der Waals surface area contributed by atoms with E-state index in [4.69, 9.17) is 10.2 Å². The molecule has 2 aliphatic rings. The summed E-state index contributed by atoms with van der Waals surface area (Å²) in [4.78, 5) is 10.6. The third-order valence-corrected chi connectivity index (χ3v) is 3.42. The average Bonchev–Trinajstić information content (AvgIpc) is 3.54. The van der Waals surface area contributed by atoms with Gasteiger partial charge in [-0.15, -0.1) is 0 Å². The minimum atomic E-state index is -0.546. The first-order valence-corrected chi connectivity index (χ1v) is 9.87. The van der Waals surface area contributed by atoms with E-state index in [0.717, 1.165) is 18.0 Å². The van der Waals surface area contributed by atoms with Crippen LogP contribution in [0.2, 0.25) is 0 Å². The van der Waals surface area contributed by atoms with E-state index in [9.17, 15) is 4.79 Å². The summed E-state index contributed by atoms with van der Waals surface area (Å²) in [5.74, 6) is -0.306. The molecule has 2 fully saturated rings. The molecule has 166 valence electrons. The Hall–Kier alpha value is -1.29. The molecule has 1 heterocycles. The molecular weight excluding hydrogens is 611 g/mol. The van der Waals surface area contributed by atoms with Gasteiger partial charge in [-0.3, -0.25) is 4.79 Å². The molecule has 9 heteroatoms. The third kappa shape index (κ3) is 16.4. The molecule has 1 aromatic carbocycles. The second-order valence-corrected chi connectivity index (χ2v) is 6.66. The molecule has 0 unspecified atom stereocenters. The van der Waals surface area contributed by atoms with Crippen LogP contribution < -0.4 is 16.3 Å². The summed E-state index contributed by atoms with van der Waals surface area (Å²) in [6.45, 7) is -0.338. The van der Waals surface area contributed by atoms with Crippen molar-refractivity contribution in [2.75, 3.05) is 5.43 Å². The number of benzene rings is 1. The van der Waals surface area contributed by atoms with Crippen molar-refractivity contribution in [3.63, 3.8) is 0 Å². The van der Waals surface area contributed by atoms with Gasteiger partial charge in [-0.2, -0.15) is 0 Å². The number of thiocarbonyl (C=S) groups is 1. The molecule has 1 aromatic heterocycles. The molecule has 2 aliphatic carbocycles. The molecule has 4 N–H and O–H groups in total. The van der Waals surface area contributed by atoms with Gasteiger partial charge in [-0.25, -0.2) is 0 Å². The molecular formula is C23H23HfN2O4S2-. The predicted octanol–water partition coefficient (Wildman–Crippen LogP) is 3.31. The first-order valence-electron chi connectivity index (χ1n) is 9.06. The molecule has 0 atom stereocenters. The SMILES string of the molecule is O=c1cc(CO)occ1O.S=C([S-])NNc1ccccc1.[CH]1[CH][CH][CH][CH]1.[CH]1[CH][CH][CH][CH]1.[Hf]. The Balaban J connectivity index is 0.000000418. The fraction of sp³-hybridized carbons (Fsp3) is 0.0435. The van der Waals surface area contributed by atoms with Gasteiger partial charge in [0.15, 0.2) is 5.75 Å². The van der Waals surface area contributed by atoms with Crippen LogP contribution >= 0.6 is 12.2 Å². The van der Waals surface area contributed by atoms with Gasteiger partial charge in [-0.1, -0.05) is 18.2 Å². The predicted molar refractivity (Wildman–Crippen MR) is 129 cm³/mol. The van der Waals surface area contributed by atoms with Gasteiger partial charge in [0.2, 0.25) is 5.43 Å². The van der Waals surface area contributed by atoms with Gasteiger partial charge in [0.25, 0.3) is 0 Å². The fourth-order valence-electron chi connectivity index (χ4n) is 1.81. The van der Waals surface area contributed by atoms with Crippen molar-refractivity contribution < 1.29 is 40.5 Å². The summed E-state index contributed by atoms with van der Waals surface area (Å²) in [5.41, 5.74) is 5.90. The Morgan fingerprint density at radius 2 is 1.41 bits per heavy atom. The van der Waals surface area contributed by atoms with Crippen molar-refractivity contribution in [1.29, 1.82) is 0 Å². The van der Waals surface area contributed by atoms with E-state index in [1.165, 1.54) is 0 Å². The molecule has 0 bridgehead atoms. The van der Waals surface area contributed by atoms with E-state index < -0.39 is 11.2 Å². The molecule has 0 amide bonds. The number of aromatic hydroxyl groups is 1. The topological polar surface area (TPSA) is 94.7 Å². The van der Waals surface area contributed by atoms with Gasteiger partial charge in [0.1, 0.15) is 18.6 Å². The van der Waals surface area contributed by atoms with E-state index in [-0.39, 0.29) is 38.2 Å². The maximum Gasteiger partial charge on any atom is 0.226 e. The zero-order chi connectivity index (χ0) is 22.7. The summed E-state index contributed by atoms with van der Waals surface area (Å²) in [6, 6.07) is 10.7. The van der Waals surface area contributed by atoms with Crippen molar-refractivity contribution in [1.82, 2.24) is 5.43 Å². The van der Waals surface area contributed by atoms with Crippen LogP contribution in [0.1, 0.15) is 5.76 Å². The number of aliphatic hydroxyl groups is 1. The Morgan fingerprint density at radius 3 is 1.78 bits per heavy atom.